The van der Waals surface area contributed by atoms with E-state index in [1.165, 1.54) is 82.0 Å². The first kappa shape index (κ1) is 21.6. The Morgan fingerprint density at radius 1 is 0.425 bits per heavy atom. The van der Waals surface area contributed by atoms with Gasteiger partial charge in [0.2, 0.25) is 0 Å². The van der Waals surface area contributed by atoms with Crippen LogP contribution in [0.25, 0.3) is 82.0 Å². The third-order valence-electron chi connectivity index (χ3n) is 8.49. The fraction of sp³-hybridized carbons (Fsp3) is 0. The van der Waals surface area contributed by atoms with Gasteiger partial charge in [-0.05, 0) is 69.1 Å². The maximum atomic E-state index is 3.69. The lowest BCUT2D eigenvalue weighted by molar-refractivity contribution is 1.19. The molecule has 0 bridgehead atoms. The summed E-state index contributed by atoms with van der Waals surface area (Å²) in [5.74, 6) is 0. The second-order valence-electron chi connectivity index (χ2n) is 10.7. The summed E-state index contributed by atoms with van der Waals surface area (Å²) in [7, 11) is 0. The van der Waals surface area contributed by atoms with Crippen molar-refractivity contribution in [1.82, 2.24) is 9.55 Å². The molecule has 0 aliphatic heterocycles. The van der Waals surface area contributed by atoms with Gasteiger partial charge in [0, 0.05) is 38.3 Å². The van der Waals surface area contributed by atoms with Crippen LogP contribution in [-0.2, 0) is 0 Å². The number of rotatable bonds is 2. The summed E-state index contributed by atoms with van der Waals surface area (Å²) in [6.45, 7) is 0. The van der Waals surface area contributed by atoms with Crippen LogP contribution in [0.4, 0.5) is 0 Å². The van der Waals surface area contributed by atoms with Crippen molar-refractivity contribution < 1.29 is 0 Å². The molecule has 0 saturated heterocycles. The molecule has 9 aromatic rings. The van der Waals surface area contributed by atoms with E-state index in [1.807, 2.05) is 0 Å². The van der Waals surface area contributed by atoms with Crippen molar-refractivity contribution in [2.75, 3.05) is 0 Å². The fourth-order valence-electron chi connectivity index (χ4n) is 6.69. The number of fused-ring (bicyclic) bond motifs is 9. The molecule has 2 nitrogen and oxygen atoms in total. The van der Waals surface area contributed by atoms with Gasteiger partial charge in [-0.1, -0.05) is 103 Å². The molecule has 186 valence electrons. The van der Waals surface area contributed by atoms with E-state index in [0.717, 1.165) is 0 Å². The van der Waals surface area contributed by atoms with Crippen molar-refractivity contribution in [1.29, 1.82) is 0 Å². The third kappa shape index (κ3) is 2.99. The van der Waals surface area contributed by atoms with Crippen LogP contribution in [0.3, 0.4) is 0 Å². The highest BCUT2D eigenvalue weighted by Gasteiger charge is 2.16. The van der Waals surface area contributed by atoms with Crippen molar-refractivity contribution in [2.24, 2.45) is 0 Å². The zero-order chi connectivity index (χ0) is 26.2. The summed E-state index contributed by atoms with van der Waals surface area (Å²) in [6, 6.07) is 50.8. The molecule has 0 aliphatic rings. The first-order valence-electron chi connectivity index (χ1n) is 13.8. The monoisotopic (exact) mass is 508 g/mol. The molecule has 0 amide bonds. The summed E-state index contributed by atoms with van der Waals surface area (Å²) < 4.78 is 2.42. The lowest BCUT2D eigenvalue weighted by Crippen LogP contribution is -1.94. The van der Waals surface area contributed by atoms with Crippen molar-refractivity contribution in [3.63, 3.8) is 0 Å². The lowest BCUT2D eigenvalue weighted by atomic mass is 9.94. The number of hydrogen-bond acceptors (Lipinski definition) is 0. The summed E-state index contributed by atoms with van der Waals surface area (Å²) in [5.41, 5.74) is 8.42. The van der Waals surface area contributed by atoms with E-state index in [-0.39, 0.29) is 0 Å². The van der Waals surface area contributed by atoms with Gasteiger partial charge in [-0.3, -0.25) is 0 Å². The van der Waals surface area contributed by atoms with Gasteiger partial charge in [-0.2, -0.15) is 0 Å². The van der Waals surface area contributed by atoms with Gasteiger partial charge < -0.3 is 9.55 Å². The molecule has 7 aromatic carbocycles. The van der Waals surface area contributed by atoms with Crippen molar-refractivity contribution in [2.45, 2.75) is 0 Å². The Kier molecular flexibility index (Phi) is 4.36. The van der Waals surface area contributed by atoms with Gasteiger partial charge in [0.1, 0.15) is 0 Å². The smallest absolute Gasteiger partial charge is 0.0547 e. The first-order valence-corrected chi connectivity index (χ1v) is 13.8. The Morgan fingerprint density at radius 2 is 1.12 bits per heavy atom. The topological polar surface area (TPSA) is 20.7 Å². The van der Waals surface area contributed by atoms with Gasteiger partial charge in [-0.25, -0.2) is 0 Å². The van der Waals surface area contributed by atoms with E-state index in [0.29, 0.717) is 0 Å². The van der Waals surface area contributed by atoms with Crippen molar-refractivity contribution in [3.05, 3.63) is 140 Å². The zero-order valence-corrected chi connectivity index (χ0v) is 21.7. The SMILES string of the molecule is c1ccc2cc(-n3c4ccccc4c4ccc(-c5cc6[nH]c7ccccc7c6c6ccccc56)cc43)ccc2c1. The van der Waals surface area contributed by atoms with E-state index in [9.17, 15) is 0 Å². The Labute approximate surface area is 230 Å². The van der Waals surface area contributed by atoms with Gasteiger partial charge in [0.05, 0.1) is 11.0 Å². The van der Waals surface area contributed by atoms with E-state index < -0.39 is 0 Å². The maximum Gasteiger partial charge on any atom is 0.0547 e. The van der Waals surface area contributed by atoms with Crippen LogP contribution in [0.5, 0.6) is 0 Å². The minimum absolute atomic E-state index is 1.17. The highest BCUT2D eigenvalue weighted by atomic mass is 15.0. The number of benzene rings is 7. The molecule has 2 heterocycles. The minimum atomic E-state index is 1.17. The molecule has 2 aromatic heterocycles. The number of aromatic nitrogens is 2. The molecular weight excluding hydrogens is 484 g/mol. The second-order valence-corrected chi connectivity index (χ2v) is 10.7. The van der Waals surface area contributed by atoms with E-state index in [2.05, 4.69) is 149 Å². The molecule has 0 radical (unpaired) electrons. The zero-order valence-electron chi connectivity index (χ0n) is 21.7. The molecule has 0 unspecified atom stereocenters. The molecule has 0 fully saturated rings. The lowest BCUT2D eigenvalue weighted by Gasteiger charge is -2.12. The fourth-order valence-corrected chi connectivity index (χ4v) is 6.69. The third-order valence-corrected chi connectivity index (χ3v) is 8.49. The summed E-state index contributed by atoms with van der Waals surface area (Å²) >= 11 is 0. The van der Waals surface area contributed by atoms with Gasteiger partial charge in [0.15, 0.2) is 0 Å². The molecule has 40 heavy (non-hydrogen) atoms. The molecular formula is C38H24N2. The Balaban J connectivity index is 1.36. The molecule has 0 atom stereocenters. The molecule has 0 aliphatic carbocycles. The van der Waals surface area contributed by atoms with Crippen molar-refractivity contribution >= 4 is 65.2 Å². The minimum Gasteiger partial charge on any atom is -0.354 e. The number of H-pyrrole nitrogens is 1. The van der Waals surface area contributed by atoms with Gasteiger partial charge in [-0.15, -0.1) is 0 Å². The number of para-hydroxylation sites is 2. The highest BCUT2D eigenvalue weighted by Crippen LogP contribution is 2.41. The average Bonchev–Trinajstić information content (AvgIpc) is 3.56. The second kappa shape index (κ2) is 8.08. The van der Waals surface area contributed by atoms with Crippen LogP contribution >= 0.6 is 0 Å². The molecule has 0 spiro atoms. The Bertz CT molecular complexity index is 2440. The van der Waals surface area contributed by atoms with E-state index >= 15 is 0 Å². The van der Waals surface area contributed by atoms with Gasteiger partial charge >= 0.3 is 0 Å². The van der Waals surface area contributed by atoms with Crippen LogP contribution in [0.2, 0.25) is 0 Å². The predicted octanol–water partition coefficient (Wildman–Crippen LogP) is 10.4. The largest absolute Gasteiger partial charge is 0.354 e. The summed E-state index contributed by atoms with van der Waals surface area (Å²) in [6.07, 6.45) is 0. The average molecular weight is 509 g/mol. The van der Waals surface area contributed by atoms with Crippen molar-refractivity contribution in [3.8, 4) is 16.8 Å². The number of nitrogens with one attached hydrogen (secondary N) is 1. The quantitative estimate of drug-likeness (QED) is 0.240. The first-order chi connectivity index (χ1) is 19.8. The standard InChI is InChI=1S/C38H24N2/c1-2-10-25-21-27(19-17-24(25)9-1)40-36-16-8-6-12-29(36)30-20-18-26(22-37(30)40)33-23-35-38(31-13-4-3-11-28(31)33)32-14-5-7-15-34(32)39-35/h1-23,39H. The van der Waals surface area contributed by atoms with Crippen LogP contribution in [0.15, 0.2) is 140 Å². The molecule has 1 N–H and O–H groups in total. The van der Waals surface area contributed by atoms with Crippen LogP contribution in [-0.4, -0.2) is 9.55 Å². The number of aromatic amines is 1. The summed E-state index contributed by atoms with van der Waals surface area (Å²) in [4.78, 5) is 3.69. The molecule has 0 saturated carbocycles. The predicted molar refractivity (Wildman–Crippen MR) is 171 cm³/mol. The molecule has 2 heteroatoms. The normalized spacial score (nSPS) is 12.0. The maximum absolute atomic E-state index is 3.69. The Hall–Kier alpha value is -5.34. The summed E-state index contributed by atoms with van der Waals surface area (Å²) in [5, 5.41) is 10.2. The van der Waals surface area contributed by atoms with E-state index in [4.69, 9.17) is 0 Å². The number of hydrogen-bond donors (Lipinski definition) is 1. The number of nitrogens with zero attached hydrogens (tertiary/aromatic N) is 1. The highest BCUT2D eigenvalue weighted by molar-refractivity contribution is 6.23. The van der Waals surface area contributed by atoms with Crippen LogP contribution < -0.4 is 0 Å². The van der Waals surface area contributed by atoms with E-state index in [1.54, 1.807) is 0 Å². The Morgan fingerprint density at radius 3 is 2.02 bits per heavy atom. The molecule has 9 rings (SSSR count). The van der Waals surface area contributed by atoms with Crippen LogP contribution in [0, 0.1) is 0 Å². The van der Waals surface area contributed by atoms with Crippen LogP contribution in [0.1, 0.15) is 0 Å². The van der Waals surface area contributed by atoms with Gasteiger partial charge in [0.25, 0.3) is 0 Å².